The number of nitrogens with zero attached hydrogens (tertiary/aromatic N) is 2. The molecular weight excluding hydrogens is 272 g/mol. The molecule has 114 valence electrons. The topological polar surface area (TPSA) is 87.3 Å². The lowest BCUT2D eigenvalue weighted by Crippen LogP contribution is -2.38. The van der Waals surface area contributed by atoms with E-state index in [1.807, 2.05) is 4.90 Å². The van der Waals surface area contributed by atoms with E-state index in [2.05, 4.69) is 15.3 Å². The lowest BCUT2D eigenvalue weighted by Gasteiger charge is -2.17. The lowest BCUT2D eigenvalue weighted by atomic mass is 10.3. The number of carbonyl (C=O) groups is 1. The summed E-state index contributed by atoms with van der Waals surface area (Å²) in [6, 6.07) is 1.49. The zero-order valence-corrected chi connectivity index (χ0v) is 12.1. The van der Waals surface area contributed by atoms with Crippen LogP contribution < -0.4 is 15.8 Å². The fourth-order valence-electron chi connectivity index (χ4n) is 2.47. The van der Waals surface area contributed by atoms with E-state index in [0.29, 0.717) is 30.7 Å². The molecule has 1 atom stereocenters. The molecule has 1 aliphatic carbocycles. The van der Waals surface area contributed by atoms with Gasteiger partial charge in [-0.1, -0.05) is 0 Å². The molecule has 7 heteroatoms. The summed E-state index contributed by atoms with van der Waals surface area (Å²) in [5.41, 5.74) is 0.534. The molecule has 21 heavy (non-hydrogen) atoms. The lowest BCUT2D eigenvalue weighted by molar-refractivity contribution is 0.138. The number of aromatic amines is 1. The molecule has 2 heterocycles. The average molecular weight is 292 g/mol. The first kappa shape index (κ1) is 13.9. The maximum Gasteiger partial charge on any atom is 0.407 e. The van der Waals surface area contributed by atoms with Crippen LogP contribution in [0.3, 0.4) is 0 Å². The van der Waals surface area contributed by atoms with Gasteiger partial charge in [-0.05, 0) is 32.1 Å². The SMILES string of the molecule is Cc1cc(=O)[nH]c(N2CCC(NC(=O)OCC3CC3)C2)n1. The molecule has 2 N–H and O–H groups in total. The van der Waals surface area contributed by atoms with Crippen LogP contribution in [0.1, 0.15) is 25.0 Å². The second-order valence-electron chi connectivity index (χ2n) is 5.83. The molecule has 1 aromatic rings. The first-order chi connectivity index (χ1) is 10.1. The molecule has 0 bridgehead atoms. The molecule has 2 fully saturated rings. The van der Waals surface area contributed by atoms with Gasteiger partial charge in [0.05, 0.1) is 12.6 Å². The molecule has 7 nitrogen and oxygen atoms in total. The van der Waals surface area contributed by atoms with Crippen molar-refractivity contribution in [3.05, 3.63) is 22.1 Å². The Bertz CT molecular complexity index is 582. The van der Waals surface area contributed by atoms with Gasteiger partial charge in [0.25, 0.3) is 5.56 Å². The molecule has 2 aliphatic rings. The predicted molar refractivity (Wildman–Crippen MR) is 77.4 cm³/mol. The first-order valence-electron chi connectivity index (χ1n) is 7.36. The third-order valence-corrected chi connectivity index (χ3v) is 3.81. The van der Waals surface area contributed by atoms with Crippen molar-refractivity contribution in [3.63, 3.8) is 0 Å². The molecule has 1 saturated carbocycles. The minimum Gasteiger partial charge on any atom is -0.449 e. The molecule has 1 aliphatic heterocycles. The highest BCUT2D eigenvalue weighted by Crippen LogP contribution is 2.28. The second kappa shape index (κ2) is 5.75. The largest absolute Gasteiger partial charge is 0.449 e. The summed E-state index contributed by atoms with van der Waals surface area (Å²) in [7, 11) is 0. The predicted octanol–water partition coefficient (Wildman–Crippen LogP) is 0.793. The van der Waals surface area contributed by atoms with Crippen LogP contribution in [0.25, 0.3) is 0 Å². The van der Waals surface area contributed by atoms with Crippen LogP contribution in [-0.4, -0.2) is 41.8 Å². The number of H-pyrrole nitrogens is 1. The fraction of sp³-hybridized carbons (Fsp3) is 0.643. The van der Waals surface area contributed by atoms with Crippen molar-refractivity contribution in [1.29, 1.82) is 0 Å². The van der Waals surface area contributed by atoms with Crippen molar-refractivity contribution in [2.75, 3.05) is 24.6 Å². The van der Waals surface area contributed by atoms with Gasteiger partial charge in [-0.15, -0.1) is 0 Å². The standard InChI is InChI=1S/C14H20N4O3/c1-9-6-12(19)17-13(15-9)18-5-4-11(7-18)16-14(20)21-8-10-2-3-10/h6,10-11H,2-5,7-8H2,1H3,(H,16,20)(H,15,17,19). The number of amides is 1. The van der Waals surface area contributed by atoms with Crippen molar-refractivity contribution in [3.8, 4) is 0 Å². The Morgan fingerprint density at radius 2 is 2.33 bits per heavy atom. The van der Waals surface area contributed by atoms with Crippen molar-refractivity contribution in [1.82, 2.24) is 15.3 Å². The minimum absolute atomic E-state index is 0.0301. The third-order valence-electron chi connectivity index (χ3n) is 3.81. The number of anilines is 1. The summed E-state index contributed by atoms with van der Waals surface area (Å²) in [6.07, 6.45) is 2.80. The monoisotopic (exact) mass is 292 g/mol. The van der Waals surface area contributed by atoms with Crippen molar-refractivity contribution >= 4 is 12.0 Å². The van der Waals surface area contributed by atoms with Crippen LogP contribution in [0.15, 0.2) is 10.9 Å². The zero-order valence-electron chi connectivity index (χ0n) is 12.1. The van der Waals surface area contributed by atoms with Gasteiger partial charge in [0, 0.05) is 24.8 Å². The van der Waals surface area contributed by atoms with E-state index >= 15 is 0 Å². The summed E-state index contributed by atoms with van der Waals surface area (Å²) in [4.78, 5) is 32.2. The Hall–Kier alpha value is -2.05. The quantitative estimate of drug-likeness (QED) is 0.857. The number of rotatable bonds is 4. The summed E-state index contributed by atoms with van der Waals surface area (Å²) < 4.78 is 5.17. The second-order valence-corrected chi connectivity index (χ2v) is 5.83. The van der Waals surface area contributed by atoms with Gasteiger partial charge in [0.2, 0.25) is 5.95 Å². The van der Waals surface area contributed by atoms with Crippen molar-refractivity contribution < 1.29 is 9.53 Å². The number of hydrogen-bond acceptors (Lipinski definition) is 5. The zero-order chi connectivity index (χ0) is 14.8. The van der Waals surface area contributed by atoms with E-state index in [9.17, 15) is 9.59 Å². The third kappa shape index (κ3) is 3.74. The van der Waals surface area contributed by atoms with Crippen LogP contribution in [0.5, 0.6) is 0 Å². The number of carbonyl (C=O) groups excluding carboxylic acids is 1. The number of hydrogen-bond donors (Lipinski definition) is 2. The van der Waals surface area contributed by atoms with Crippen LogP contribution in [0, 0.1) is 12.8 Å². The molecule has 0 aromatic carbocycles. The van der Waals surface area contributed by atoms with E-state index in [-0.39, 0.29) is 17.7 Å². The van der Waals surface area contributed by atoms with Crippen LogP contribution >= 0.6 is 0 Å². The summed E-state index contributed by atoms with van der Waals surface area (Å²) in [5.74, 6) is 1.13. The average Bonchev–Trinajstić information content (AvgIpc) is 3.14. The highest BCUT2D eigenvalue weighted by atomic mass is 16.5. The van der Waals surface area contributed by atoms with Gasteiger partial charge in [0.15, 0.2) is 0 Å². The number of aromatic nitrogens is 2. The Morgan fingerprint density at radius 3 is 3.05 bits per heavy atom. The number of aryl methyl sites for hydroxylation is 1. The molecule has 1 unspecified atom stereocenters. The minimum atomic E-state index is -0.348. The Morgan fingerprint density at radius 1 is 1.52 bits per heavy atom. The van der Waals surface area contributed by atoms with E-state index < -0.39 is 0 Å². The molecule has 1 amide bonds. The smallest absolute Gasteiger partial charge is 0.407 e. The normalized spacial score (nSPS) is 21.4. The number of alkyl carbamates (subject to hydrolysis) is 1. The van der Waals surface area contributed by atoms with Gasteiger partial charge in [-0.2, -0.15) is 0 Å². The highest BCUT2D eigenvalue weighted by molar-refractivity contribution is 5.67. The van der Waals surface area contributed by atoms with E-state index in [0.717, 1.165) is 25.8 Å². The molecule has 3 rings (SSSR count). The molecule has 1 saturated heterocycles. The van der Waals surface area contributed by atoms with Gasteiger partial charge >= 0.3 is 6.09 Å². The maximum absolute atomic E-state index is 11.7. The van der Waals surface area contributed by atoms with Crippen molar-refractivity contribution in [2.45, 2.75) is 32.2 Å². The molecule has 1 aromatic heterocycles. The molecule has 0 spiro atoms. The maximum atomic E-state index is 11.7. The van der Waals surface area contributed by atoms with E-state index in [4.69, 9.17) is 4.74 Å². The van der Waals surface area contributed by atoms with E-state index in [1.54, 1.807) is 6.92 Å². The first-order valence-corrected chi connectivity index (χ1v) is 7.36. The Kier molecular flexibility index (Phi) is 3.81. The summed E-state index contributed by atoms with van der Waals surface area (Å²) in [6.45, 7) is 3.69. The van der Waals surface area contributed by atoms with Gasteiger partial charge in [0.1, 0.15) is 0 Å². The van der Waals surface area contributed by atoms with Crippen LogP contribution in [0.2, 0.25) is 0 Å². The van der Waals surface area contributed by atoms with Gasteiger partial charge < -0.3 is 15.0 Å². The van der Waals surface area contributed by atoms with Gasteiger partial charge in [-0.25, -0.2) is 9.78 Å². The highest BCUT2D eigenvalue weighted by Gasteiger charge is 2.27. The Labute approximate surface area is 122 Å². The van der Waals surface area contributed by atoms with Crippen LogP contribution in [-0.2, 0) is 4.74 Å². The molecule has 0 radical (unpaired) electrons. The molecular formula is C14H20N4O3. The van der Waals surface area contributed by atoms with Gasteiger partial charge in [-0.3, -0.25) is 9.78 Å². The number of ether oxygens (including phenoxy) is 1. The Balaban J connectivity index is 1.52. The van der Waals surface area contributed by atoms with Crippen LogP contribution in [0.4, 0.5) is 10.7 Å². The summed E-state index contributed by atoms with van der Waals surface area (Å²) in [5, 5.41) is 2.87. The van der Waals surface area contributed by atoms with E-state index in [1.165, 1.54) is 6.07 Å². The number of nitrogens with one attached hydrogen (secondary N) is 2. The fourth-order valence-corrected chi connectivity index (χ4v) is 2.47. The summed E-state index contributed by atoms with van der Waals surface area (Å²) >= 11 is 0. The van der Waals surface area contributed by atoms with Crippen molar-refractivity contribution in [2.24, 2.45) is 5.92 Å².